The summed E-state index contributed by atoms with van der Waals surface area (Å²) >= 11 is 3.14. The van der Waals surface area contributed by atoms with Gasteiger partial charge in [0.15, 0.2) is 0 Å². The lowest BCUT2D eigenvalue weighted by atomic mass is 9.97. The van der Waals surface area contributed by atoms with Crippen LogP contribution in [-0.2, 0) is 11.5 Å². The molecule has 2 aromatic rings. The summed E-state index contributed by atoms with van der Waals surface area (Å²) in [5, 5.41) is 0.316. The zero-order chi connectivity index (χ0) is 17.3. The predicted octanol–water partition coefficient (Wildman–Crippen LogP) is 6.17. The summed E-state index contributed by atoms with van der Waals surface area (Å²) in [5.74, 6) is -0.577. The van der Waals surface area contributed by atoms with Crippen LogP contribution in [-0.4, -0.2) is 6.36 Å². The van der Waals surface area contributed by atoms with Crippen LogP contribution >= 0.6 is 15.9 Å². The van der Waals surface area contributed by atoms with Gasteiger partial charge < -0.3 is 4.74 Å². The lowest BCUT2D eigenvalue weighted by Gasteiger charge is -2.15. The van der Waals surface area contributed by atoms with Gasteiger partial charge in [0.25, 0.3) is 0 Å². The fourth-order valence-corrected chi connectivity index (χ4v) is 2.37. The highest BCUT2D eigenvalue weighted by Crippen LogP contribution is 2.39. The Morgan fingerprint density at radius 1 is 0.913 bits per heavy atom. The lowest BCUT2D eigenvalue weighted by molar-refractivity contribution is -0.274. The monoisotopic (exact) mass is 398 g/mol. The van der Waals surface area contributed by atoms with E-state index in [4.69, 9.17) is 0 Å². The molecule has 0 fully saturated rings. The summed E-state index contributed by atoms with van der Waals surface area (Å²) in [6.07, 6.45) is -9.54. The molecule has 1 nitrogen and oxygen atoms in total. The summed E-state index contributed by atoms with van der Waals surface area (Å²) in [7, 11) is 0. The topological polar surface area (TPSA) is 9.23 Å². The summed E-state index contributed by atoms with van der Waals surface area (Å²) in [4.78, 5) is 0. The first-order valence-electron chi connectivity index (χ1n) is 6.22. The molecule has 2 aromatic carbocycles. The molecular weight excluding hydrogens is 390 g/mol. The zero-order valence-corrected chi connectivity index (χ0v) is 12.9. The van der Waals surface area contributed by atoms with Crippen LogP contribution in [0.2, 0.25) is 0 Å². The largest absolute Gasteiger partial charge is 0.573 e. The van der Waals surface area contributed by atoms with Crippen molar-refractivity contribution in [2.24, 2.45) is 0 Å². The van der Waals surface area contributed by atoms with E-state index < -0.39 is 23.9 Å². The molecule has 0 aromatic heterocycles. The van der Waals surface area contributed by atoms with Crippen LogP contribution in [0.4, 0.5) is 26.3 Å². The van der Waals surface area contributed by atoms with E-state index in [1.165, 1.54) is 24.3 Å². The fourth-order valence-electron chi connectivity index (χ4n) is 2.02. The number of halogens is 7. The highest BCUT2D eigenvalue weighted by Gasteiger charge is 2.34. The quantitative estimate of drug-likeness (QED) is 0.444. The molecule has 0 unspecified atom stereocenters. The molecule has 0 saturated carbocycles. The van der Waals surface area contributed by atoms with Crippen molar-refractivity contribution in [2.45, 2.75) is 17.9 Å². The molecule has 0 aliphatic carbocycles. The predicted molar refractivity (Wildman–Crippen MR) is 76.2 cm³/mol. The van der Waals surface area contributed by atoms with Crippen LogP contribution in [0, 0.1) is 0 Å². The average molecular weight is 399 g/mol. The Balaban J connectivity index is 2.54. The summed E-state index contributed by atoms with van der Waals surface area (Å²) in [6.45, 7) is 0. The van der Waals surface area contributed by atoms with E-state index in [0.29, 0.717) is 10.9 Å². The van der Waals surface area contributed by atoms with Gasteiger partial charge in [0.1, 0.15) is 5.75 Å². The highest BCUT2D eigenvalue weighted by molar-refractivity contribution is 9.08. The van der Waals surface area contributed by atoms with Crippen LogP contribution in [0.3, 0.4) is 0 Å². The molecule has 0 spiro atoms. The van der Waals surface area contributed by atoms with Gasteiger partial charge in [-0.1, -0.05) is 34.1 Å². The van der Waals surface area contributed by atoms with Gasteiger partial charge in [-0.3, -0.25) is 0 Å². The maximum Gasteiger partial charge on any atom is 0.573 e. The zero-order valence-electron chi connectivity index (χ0n) is 11.3. The van der Waals surface area contributed by atoms with Crippen molar-refractivity contribution in [3.05, 3.63) is 53.6 Å². The fraction of sp³-hybridized carbons (Fsp3) is 0.200. The molecule has 0 N–H and O–H groups in total. The number of ether oxygens (including phenoxy) is 1. The Kier molecular flexibility index (Phi) is 4.93. The molecule has 2 rings (SSSR count). The number of hydrogen-bond donors (Lipinski definition) is 0. The first-order chi connectivity index (χ1) is 10.6. The highest BCUT2D eigenvalue weighted by atomic mass is 79.9. The molecule has 0 aliphatic heterocycles. The van der Waals surface area contributed by atoms with E-state index in [9.17, 15) is 26.3 Å². The van der Waals surface area contributed by atoms with Crippen molar-refractivity contribution in [3.8, 4) is 16.9 Å². The molecule has 0 bridgehead atoms. The first-order valence-corrected chi connectivity index (χ1v) is 7.34. The van der Waals surface area contributed by atoms with Crippen molar-refractivity contribution < 1.29 is 31.1 Å². The average Bonchev–Trinajstić information content (AvgIpc) is 2.44. The SMILES string of the molecule is FC(F)(F)Oc1cccc(-c2cc(CBr)ccc2C(F)(F)F)c1. The molecule has 8 heteroatoms. The van der Waals surface area contributed by atoms with Crippen LogP contribution in [0.15, 0.2) is 42.5 Å². The third-order valence-corrected chi connectivity index (χ3v) is 3.57. The second-order valence-corrected chi connectivity index (χ2v) is 5.15. The van der Waals surface area contributed by atoms with Gasteiger partial charge in [0.05, 0.1) is 5.56 Å². The Morgan fingerprint density at radius 2 is 1.61 bits per heavy atom. The van der Waals surface area contributed by atoms with Crippen molar-refractivity contribution in [1.82, 2.24) is 0 Å². The molecule has 0 amide bonds. The van der Waals surface area contributed by atoms with Gasteiger partial charge >= 0.3 is 12.5 Å². The van der Waals surface area contributed by atoms with Crippen molar-refractivity contribution >= 4 is 15.9 Å². The van der Waals surface area contributed by atoms with Gasteiger partial charge in [0.2, 0.25) is 0 Å². The van der Waals surface area contributed by atoms with Gasteiger partial charge in [-0.2, -0.15) is 13.2 Å². The molecule has 0 aliphatic rings. The van der Waals surface area contributed by atoms with Crippen LogP contribution in [0.25, 0.3) is 11.1 Å². The minimum Gasteiger partial charge on any atom is -0.406 e. The van der Waals surface area contributed by atoms with E-state index in [1.807, 2.05) is 0 Å². The Morgan fingerprint density at radius 3 is 2.17 bits per heavy atom. The molecular formula is C15H9BrF6O. The standard InChI is InChI=1S/C15H9BrF6O/c16-8-9-4-5-13(14(17,18)19)12(6-9)10-2-1-3-11(7-10)23-15(20,21)22/h1-7H,8H2. The molecule has 0 atom stereocenters. The minimum absolute atomic E-state index is 0.0122. The van der Waals surface area contributed by atoms with E-state index in [1.54, 1.807) is 0 Å². The number of rotatable bonds is 3. The maximum absolute atomic E-state index is 13.1. The first kappa shape index (κ1) is 17.7. The molecule has 0 saturated heterocycles. The Labute approximate surface area is 136 Å². The molecule has 124 valence electrons. The third kappa shape index (κ3) is 4.63. The minimum atomic E-state index is -4.91. The van der Waals surface area contributed by atoms with Gasteiger partial charge in [0, 0.05) is 5.33 Å². The Hall–Kier alpha value is -1.70. The van der Waals surface area contributed by atoms with E-state index in [-0.39, 0.29) is 11.1 Å². The second kappa shape index (κ2) is 6.43. The number of alkyl halides is 7. The van der Waals surface area contributed by atoms with Gasteiger partial charge in [-0.25, -0.2) is 0 Å². The Bertz CT molecular complexity index is 693. The molecule has 0 radical (unpaired) electrons. The van der Waals surface area contributed by atoms with Crippen molar-refractivity contribution in [2.75, 3.05) is 0 Å². The van der Waals surface area contributed by atoms with E-state index >= 15 is 0 Å². The lowest BCUT2D eigenvalue weighted by Crippen LogP contribution is -2.17. The van der Waals surface area contributed by atoms with Gasteiger partial charge in [-0.05, 0) is 41.0 Å². The van der Waals surface area contributed by atoms with E-state index in [2.05, 4.69) is 20.7 Å². The number of hydrogen-bond acceptors (Lipinski definition) is 1. The number of benzene rings is 2. The van der Waals surface area contributed by atoms with Crippen LogP contribution < -0.4 is 4.74 Å². The smallest absolute Gasteiger partial charge is 0.406 e. The van der Waals surface area contributed by atoms with Crippen molar-refractivity contribution in [1.29, 1.82) is 0 Å². The molecule has 23 heavy (non-hydrogen) atoms. The van der Waals surface area contributed by atoms with Crippen LogP contribution in [0.5, 0.6) is 5.75 Å². The molecule has 0 heterocycles. The summed E-state index contributed by atoms with van der Waals surface area (Å²) in [6, 6.07) is 7.95. The van der Waals surface area contributed by atoms with Gasteiger partial charge in [-0.15, -0.1) is 13.2 Å². The summed E-state index contributed by atoms with van der Waals surface area (Å²) in [5.41, 5.74) is -0.578. The third-order valence-electron chi connectivity index (χ3n) is 2.92. The normalized spacial score (nSPS) is 12.3. The van der Waals surface area contributed by atoms with E-state index in [0.717, 1.165) is 18.2 Å². The van der Waals surface area contributed by atoms with Crippen LogP contribution in [0.1, 0.15) is 11.1 Å². The summed E-state index contributed by atoms with van der Waals surface area (Å²) < 4.78 is 79.9. The maximum atomic E-state index is 13.1. The second-order valence-electron chi connectivity index (χ2n) is 4.59. The van der Waals surface area contributed by atoms with Crippen molar-refractivity contribution in [3.63, 3.8) is 0 Å².